The lowest BCUT2D eigenvalue weighted by atomic mass is 10.1. The first kappa shape index (κ1) is 16.2. The van der Waals surface area contributed by atoms with Crippen LogP contribution >= 0.6 is 0 Å². The first-order valence-corrected chi connectivity index (χ1v) is 8.74. The van der Waals surface area contributed by atoms with Gasteiger partial charge in [-0.3, -0.25) is 4.79 Å². The molecule has 3 heteroatoms. The molecule has 3 aromatic carbocycles. The minimum Gasteiger partial charge on any atom is -0.361 e. The highest BCUT2D eigenvalue weighted by molar-refractivity contribution is 5.97. The van der Waals surface area contributed by atoms with Crippen LogP contribution < -0.4 is 0 Å². The molecular formula is C23H20N2O. The molecule has 3 nitrogen and oxygen atoms in total. The summed E-state index contributed by atoms with van der Waals surface area (Å²) in [6, 6.07) is 28.1. The lowest BCUT2D eigenvalue weighted by Gasteiger charge is -2.23. The Labute approximate surface area is 152 Å². The zero-order valence-corrected chi connectivity index (χ0v) is 14.4. The Balaban J connectivity index is 1.65. The van der Waals surface area contributed by atoms with Gasteiger partial charge in [-0.2, -0.15) is 0 Å². The van der Waals surface area contributed by atoms with E-state index in [1.165, 1.54) is 0 Å². The fourth-order valence-electron chi connectivity index (χ4n) is 3.17. The highest BCUT2D eigenvalue weighted by Gasteiger charge is 2.17. The van der Waals surface area contributed by atoms with E-state index in [2.05, 4.69) is 29.2 Å². The van der Waals surface area contributed by atoms with E-state index < -0.39 is 0 Å². The molecule has 0 aliphatic rings. The van der Waals surface area contributed by atoms with Crippen LogP contribution in [0.4, 0.5) is 0 Å². The maximum atomic E-state index is 13.2. The zero-order valence-electron chi connectivity index (χ0n) is 14.4. The molecule has 0 radical (unpaired) electrons. The number of nitrogens with one attached hydrogen (secondary N) is 1. The minimum atomic E-state index is 0.0363. The summed E-state index contributed by atoms with van der Waals surface area (Å²) in [5.41, 5.74) is 3.93. The molecule has 0 aliphatic heterocycles. The van der Waals surface area contributed by atoms with Gasteiger partial charge in [0.05, 0.1) is 0 Å². The number of hydrogen-bond donors (Lipinski definition) is 1. The summed E-state index contributed by atoms with van der Waals surface area (Å²) in [5.74, 6) is 0.0363. The van der Waals surface area contributed by atoms with Gasteiger partial charge in [-0.05, 0) is 34.7 Å². The lowest BCUT2D eigenvalue weighted by Crippen LogP contribution is -2.30. The molecule has 0 aliphatic carbocycles. The van der Waals surface area contributed by atoms with Crippen molar-refractivity contribution in [2.45, 2.75) is 13.1 Å². The summed E-state index contributed by atoms with van der Waals surface area (Å²) < 4.78 is 0. The van der Waals surface area contributed by atoms with Crippen molar-refractivity contribution < 1.29 is 4.79 Å². The summed E-state index contributed by atoms with van der Waals surface area (Å²) in [6.07, 6.45) is 1.89. The zero-order chi connectivity index (χ0) is 17.8. The predicted octanol–water partition coefficient (Wildman–Crippen LogP) is 5.01. The Morgan fingerprint density at radius 1 is 0.769 bits per heavy atom. The fraction of sp³-hybridized carbons (Fsp3) is 0.0870. The van der Waals surface area contributed by atoms with E-state index in [1.54, 1.807) is 0 Å². The van der Waals surface area contributed by atoms with Gasteiger partial charge in [-0.25, -0.2) is 0 Å². The van der Waals surface area contributed by atoms with Crippen molar-refractivity contribution in [3.8, 4) is 0 Å². The Bertz CT molecular complexity index is 965. The molecule has 0 unspecified atom stereocenters. The molecule has 0 saturated carbocycles. The normalized spacial score (nSPS) is 10.8. The molecule has 0 atom stereocenters. The number of H-pyrrole nitrogens is 1. The molecule has 26 heavy (non-hydrogen) atoms. The Kier molecular flexibility index (Phi) is 4.52. The van der Waals surface area contributed by atoms with Crippen LogP contribution in [0.2, 0.25) is 0 Å². The molecule has 1 N–H and O–H groups in total. The molecule has 128 valence electrons. The van der Waals surface area contributed by atoms with Crippen LogP contribution in [0.5, 0.6) is 0 Å². The van der Waals surface area contributed by atoms with Gasteiger partial charge in [0.15, 0.2) is 0 Å². The van der Waals surface area contributed by atoms with Crippen molar-refractivity contribution in [2.75, 3.05) is 0 Å². The van der Waals surface area contributed by atoms with Crippen LogP contribution in [0, 0.1) is 0 Å². The van der Waals surface area contributed by atoms with Crippen molar-refractivity contribution in [3.63, 3.8) is 0 Å². The van der Waals surface area contributed by atoms with Gasteiger partial charge in [-0.15, -0.1) is 0 Å². The second-order valence-electron chi connectivity index (χ2n) is 6.41. The van der Waals surface area contributed by atoms with Gasteiger partial charge >= 0.3 is 0 Å². The van der Waals surface area contributed by atoms with E-state index in [9.17, 15) is 4.79 Å². The van der Waals surface area contributed by atoms with Gasteiger partial charge in [0.1, 0.15) is 0 Å². The van der Waals surface area contributed by atoms with Crippen LogP contribution in [0.15, 0.2) is 91.1 Å². The largest absolute Gasteiger partial charge is 0.361 e. The van der Waals surface area contributed by atoms with Crippen LogP contribution in [0.3, 0.4) is 0 Å². The molecule has 0 bridgehead atoms. The standard InChI is InChI=1S/C23H20N2O/c26-23(21-12-11-20-13-14-24-22(20)15-21)25(16-18-7-3-1-4-8-18)17-19-9-5-2-6-10-19/h1-15,24H,16-17H2. The van der Waals surface area contributed by atoms with Gasteiger partial charge in [0, 0.05) is 30.4 Å². The smallest absolute Gasteiger partial charge is 0.254 e. The van der Waals surface area contributed by atoms with E-state index in [-0.39, 0.29) is 5.91 Å². The van der Waals surface area contributed by atoms with Gasteiger partial charge < -0.3 is 9.88 Å². The third-order valence-electron chi connectivity index (χ3n) is 4.52. The summed E-state index contributed by atoms with van der Waals surface area (Å²) in [5, 5.41) is 1.11. The van der Waals surface area contributed by atoms with Crippen molar-refractivity contribution in [1.82, 2.24) is 9.88 Å². The number of aromatic amines is 1. The van der Waals surface area contributed by atoms with Crippen LogP contribution in [-0.2, 0) is 13.1 Å². The molecule has 4 aromatic rings. The van der Waals surface area contributed by atoms with Crippen molar-refractivity contribution in [2.24, 2.45) is 0 Å². The number of amides is 1. The molecule has 1 heterocycles. The van der Waals surface area contributed by atoms with Crippen LogP contribution in [-0.4, -0.2) is 15.8 Å². The van der Waals surface area contributed by atoms with Crippen molar-refractivity contribution in [3.05, 3.63) is 108 Å². The fourth-order valence-corrected chi connectivity index (χ4v) is 3.17. The van der Waals surface area contributed by atoms with E-state index >= 15 is 0 Å². The molecule has 4 rings (SSSR count). The molecule has 0 saturated heterocycles. The number of hydrogen-bond acceptors (Lipinski definition) is 1. The number of carbonyl (C=O) groups excluding carboxylic acids is 1. The highest BCUT2D eigenvalue weighted by Crippen LogP contribution is 2.18. The predicted molar refractivity (Wildman–Crippen MR) is 105 cm³/mol. The Hall–Kier alpha value is -3.33. The summed E-state index contributed by atoms with van der Waals surface area (Å²) in [4.78, 5) is 18.3. The molecule has 0 spiro atoms. The summed E-state index contributed by atoms with van der Waals surface area (Å²) >= 11 is 0. The van der Waals surface area contributed by atoms with Crippen LogP contribution in [0.1, 0.15) is 21.5 Å². The second kappa shape index (κ2) is 7.28. The van der Waals surface area contributed by atoms with Crippen LogP contribution in [0.25, 0.3) is 10.9 Å². The number of rotatable bonds is 5. The van der Waals surface area contributed by atoms with Gasteiger partial charge in [-0.1, -0.05) is 66.7 Å². The monoisotopic (exact) mass is 340 g/mol. The van der Waals surface area contributed by atoms with Crippen molar-refractivity contribution >= 4 is 16.8 Å². The maximum absolute atomic E-state index is 13.2. The van der Waals surface area contributed by atoms with E-state index in [0.29, 0.717) is 18.7 Å². The van der Waals surface area contributed by atoms with E-state index in [0.717, 1.165) is 22.0 Å². The average molecular weight is 340 g/mol. The number of benzene rings is 3. The number of aromatic nitrogens is 1. The van der Waals surface area contributed by atoms with Gasteiger partial charge in [0.2, 0.25) is 0 Å². The first-order valence-electron chi connectivity index (χ1n) is 8.74. The Morgan fingerprint density at radius 3 is 2.00 bits per heavy atom. The number of carbonyl (C=O) groups is 1. The maximum Gasteiger partial charge on any atom is 0.254 e. The molecule has 1 aromatic heterocycles. The van der Waals surface area contributed by atoms with E-state index in [1.807, 2.05) is 71.8 Å². The third kappa shape index (κ3) is 3.52. The summed E-state index contributed by atoms with van der Waals surface area (Å²) in [7, 11) is 0. The number of fused-ring (bicyclic) bond motifs is 1. The lowest BCUT2D eigenvalue weighted by molar-refractivity contribution is 0.0730. The average Bonchev–Trinajstić information content (AvgIpc) is 3.16. The SMILES string of the molecule is O=C(c1ccc2cc[nH]c2c1)N(Cc1ccccc1)Cc1ccccc1. The quantitative estimate of drug-likeness (QED) is 0.544. The second-order valence-corrected chi connectivity index (χ2v) is 6.41. The molecule has 0 fully saturated rings. The van der Waals surface area contributed by atoms with E-state index in [4.69, 9.17) is 0 Å². The highest BCUT2D eigenvalue weighted by atomic mass is 16.2. The van der Waals surface area contributed by atoms with Crippen molar-refractivity contribution in [1.29, 1.82) is 0 Å². The molecule has 1 amide bonds. The molecular weight excluding hydrogens is 320 g/mol. The topological polar surface area (TPSA) is 36.1 Å². The number of nitrogens with zero attached hydrogens (tertiary/aromatic N) is 1. The summed E-state index contributed by atoms with van der Waals surface area (Å²) in [6.45, 7) is 1.16. The third-order valence-corrected chi connectivity index (χ3v) is 4.52. The Morgan fingerprint density at radius 2 is 1.38 bits per heavy atom. The van der Waals surface area contributed by atoms with Gasteiger partial charge in [0.25, 0.3) is 5.91 Å². The first-order chi connectivity index (χ1) is 12.8. The minimum absolute atomic E-state index is 0.0363.